The highest BCUT2D eigenvalue weighted by molar-refractivity contribution is 6.30. The Balaban J connectivity index is 2.31. The molecule has 0 fully saturated rings. The van der Waals surface area contributed by atoms with Crippen LogP contribution in [0.1, 0.15) is 25.8 Å². The molecule has 0 atom stereocenters. The summed E-state index contributed by atoms with van der Waals surface area (Å²) in [5.74, 6) is -0.362. The molecule has 0 saturated carbocycles. The van der Waals surface area contributed by atoms with Crippen molar-refractivity contribution >= 4 is 23.4 Å². The predicted molar refractivity (Wildman–Crippen MR) is 80.7 cm³/mol. The fourth-order valence-corrected chi connectivity index (χ4v) is 2.14. The smallest absolute Gasteiger partial charge is 0.231 e. The van der Waals surface area contributed by atoms with Crippen molar-refractivity contribution in [2.45, 2.75) is 26.7 Å². The maximum Gasteiger partial charge on any atom is 0.231 e. The van der Waals surface area contributed by atoms with E-state index in [2.05, 4.69) is 5.32 Å². The second-order valence-corrected chi connectivity index (χ2v) is 4.91. The van der Waals surface area contributed by atoms with E-state index in [0.29, 0.717) is 31.1 Å². The zero-order valence-corrected chi connectivity index (χ0v) is 12.7. The number of hydrogen-bond acceptors (Lipinski definition) is 2. The predicted octanol–water partition coefficient (Wildman–Crippen LogP) is 2.26. The Morgan fingerprint density at radius 3 is 2.55 bits per heavy atom. The van der Waals surface area contributed by atoms with Crippen LogP contribution in [0.3, 0.4) is 0 Å². The van der Waals surface area contributed by atoms with E-state index in [1.165, 1.54) is 0 Å². The van der Waals surface area contributed by atoms with Crippen LogP contribution in [0, 0.1) is 0 Å². The minimum atomic E-state index is -0.232. The molecule has 0 aromatic heterocycles. The summed E-state index contributed by atoms with van der Waals surface area (Å²) in [6.07, 6.45) is 0.614. The molecule has 0 unspecified atom stereocenters. The Morgan fingerprint density at radius 1 is 1.25 bits per heavy atom. The maximum atomic E-state index is 11.7. The van der Waals surface area contributed by atoms with Gasteiger partial charge < -0.3 is 10.2 Å². The lowest BCUT2D eigenvalue weighted by Crippen LogP contribution is -2.36. The molecule has 0 bridgehead atoms. The van der Waals surface area contributed by atoms with E-state index >= 15 is 0 Å². The molecule has 1 aromatic rings. The van der Waals surface area contributed by atoms with Crippen LogP contribution in [0.4, 0.5) is 0 Å². The molecular formula is C15H21ClN2O2. The van der Waals surface area contributed by atoms with Gasteiger partial charge in [-0.05, 0) is 38.0 Å². The molecule has 0 heterocycles. The number of amides is 2. The minimum absolute atomic E-state index is 0.0861. The summed E-state index contributed by atoms with van der Waals surface area (Å²) >= 11 is 5.88. The molecule has 20 heavy (non-hydrogen) atoms. The molecule has 0 aliphatic carbocycles. The first-order chi connectivity index (χ1) is 9.56. The number of hydrogen-bond donors (Lipinski definition) is 1. The molecule has 110 valence electrons. The lowest BCUT2D eigenvalue weighted by Gasteiger charge is -2.18. The normalized spacial score (nSPS) is 10.2. The Labute approximate surface area is 125 Å². The highest BCUT2D eigenvalue weighted by Crippen LogP contribution is 2.10. The van der Waals surface area contributed by atoms with Crippen molar-refractivity contribution in [1.82, 2.24) is 10.2 Å². The average Bonchev–Trinajstić information content (AvgIpc) is 2.40. The summed E-state index contributed by atoms with van der Waals surface area (Å²) in [6, 6.07) is 7.52. The van der Waals surface area contributed by atoms with Crippen molar-refractivity contribution in [1.29, 1.82) is 0 Å². The van der Waals surface area contributed by atoms with Crippen molar-refractivity contribution < 1.29 is 9.59 Å². The lowest BCUT2D eigenvalue weighted by atomic mass is 10.1. The average molecular weight is 297 g/mol. The van der Waals surface area contributed by atoms with E-state index < -0.39 is 0 Å². The van der Waals surface area contributed by atoms with Crippen LogP contribution in [0.25, 0.3) is 0 Å². The topological polar surface area (TPSA) is 49.4 Å². The summed E-state index contributed by atoms with van der Waals surface area (Å²) in [5, 5.41) is 3.44. The van der Waals surface area contributed by atoms with Crippen LogP contribution in [0.2, 0.25) is 5.02 Å². The van der Waals surface area contributed by atoms with Crippen LogP contribution in [-0.4, -0.2) is 36.3 Å². The van der Waals surface area contributed by atoms with Crippen LogP contribution in [0.5, 0.6) is 0 Å². The third-order valence-corrected chi connectivity index (χ3v) is 3.29. The zero-order chi connectivity index (χ0) is 15.0. The molecule has 1 N–H and O–H groups in total. The number of rotatable bonds is 7. The van der Waals surface area contributed by atoms with Crippen LogP contribution in [0.15, 0.2) is 24.3 Å². The van der Waals surface area contributed by atoms with Gasteiger partial charge in [-0.2, -0.15) is 0 Å². The van der Waals surface area contributed by atoms with Crippen LogP contribution >= 0.6 is 11.6 Å². The van der Waals surface area contributed by atoms with Gasteiger partial charge >= 0.3 is 0 Å². The largest absolute Gasteiger partial charge is 0.355 e. The molecular weight excluding hydrogens is 276 g/mol. The number of benzene rings is 1. The second-order valence-electron chi connectivity index (χ2n) is 4.47. The monoisotopic (exact) mass is 296 g/mol. The van der Waals surface area contributed by atoms with Crippen molar-refractivity contribution in [2.24, 2.45) is 0 Å². The van der Waals surface area contributed by atoms with Crippen LogP contribution < -0.4 is 5.32 Å². The summed E-state index contributed by atoms with van der Waals surface area (Å²) in [4.78, 5) is 25.1. The molecule has 0 aliphatic heterocycles. The number of nitrogens with one attached hydrogen (secondary N) is 1. The molecule has 5 heteroatoms. The SMILES string of the molecule is CCN(CC)C(=O)CC(=O)NCCc1cccc(Cl)c1. The molecule has 0 saturated heterocycles. The number of carbonyl (C=O) groups is 2. The fraction of sp³-hybridized carbons (Fsp3) is 0.467. The van der Waals surface area contributed by atoms with Crippen molar-refractivity contribution in [2.75, 3.05) is 19.6 Å². The molecule has 0 radical (unpaired) electrons. The van der Waals surface area contributed by atoms with Gasteiger partial charge in [0, 0.05) is 24.7 Å². The van der Waals surface area contributed by atoms with Gasteiger partial charge in [0.05, 0.1) is 0 Å². The third kappa shape index (κ3) is 5.61. The Hall–Kier alpha value is -1.55. The third-order valence-electron chi connectivity index (χ3n) is 3.05. The van der Waals surface area contributed by atoms with E-state index in [4.69, 9.17) is 11.6 Å². The molecule has 1 rings (SSSR count). The highest BCUT2D eigenvalue weighted by atomic mass is 35.5. The second kappa shape index (κ2) is 8.59. The van der Waals surface area contributed by atoms with Crippen molar-refractivity contribution in [3.8, 4) is 0 Å². The first kappa shape index (κ1) is 16.5. The Bertz CT molecular complexity index is 459. The Kier molecular flexibility index (Phi) is 7.09. The summed E-state index contributed by atoms with van der Waals surface area (Å²) < 4.78 is 0. The van der Waals surface area contributed by atoms with Crippen molar-refractivity contribution in [3.63, 3.8) is 0 Å². The number of nitrogens with zero attached hydrogens (tertiary/aromatic N) is 1. The quantitative estimate of drug-likeness (QED) is 0.785. The zero-order valence-electron chi connectivity index (χ0n) is 12.0. The molecule has 1 aromatic carbocycles. The first-order valence-corrected chi connectivity index (χ1v) is 7.23. The Morgan fingerprint density at radius 2 is 1.95 bits per heavy atom. The lowest BCUT2D eigenvalue weighted by molar-refractivity contribution is -0.135. The maximum absolute atomic E-state index is 11.7. The van der Waals surface area contributed by atoms with E-state index in [-0.39, 0.29) is 18.2 Å². The molecule has 0 aliphatic rings. The van der Waals surface area contributed by atoms with E-state index in [1.54, 1.807) is 4.90 Å². The number of halogens is 1. The molecule has 2 amide bonds. The first-order valence-electron chi connectivity index (χ1n) is 6.85. The van der Waals surface area contributed by atoms with Gasteiger partial charge in [-0.1, -0.05) is 23.7 Å². The highest BCUT2D eigenvalue weighted by Gasteiger charge is 2.13. The van der Waals surface area contributed by atoms with Gasteiger partial charge in [0.25, 0.3) is 0 Å². The van der Waals surface area contributed by atoms with Gasteiger partial charge in [0.1, 0.15) is 6.42 Å². The van der Waals surface area contributed by atoms with E-state index in [1.807, 2.05) is 38.1 Å². The molecule has 4 nitrogen and oxygen atoms in total. The minimum Gasteiger partial charge on any atom is -0.355 e. The summed E-state index contributed by atoms with van der Waals surface area (Å²) in [5.41, 5.74) is 1.06. The summed E-state index contributed by atoms with van der Waals surface area (Å²) in [6.45, 7) is 5.57. The van der Waals surface area contributed by atoms with Gasteiger partial charge in [-0.15, -0.1) is 0 Å². The standard InChI is InChI=1S/C15H21ClN2O2/c1-3-18(4-2)15(20)11-14(19)17-9-8-12-6-5-7-13(16)10-12/h5-7,10H,3-4,8-9,11H2,1-2H3,(H,17,19). The molecule has 0 spiro atoms. The van der Waals surface area contributed by atoms with E-state index in [0.717, 1.165) is 5.56 Å². The van der Waals surface area contributed by atoms with Crippen molar-refractivity contribution in [3.05, 3.63) is 34.9 Å². The van der Waals surface area contributed by atoms with Crippen LogP contribution in [-0.2, 0) is 16.0 Å². The van der Waals surface area contributed by atoms with Gasteiger partial charge in [-0.25, -0.2) is 0 Å². The van der Waals surface area contributed by atoms with Gasteiger partial charge in [-0.3, -0.25) is 9.59 Å². The van der Waals surface area contributed by atoms with Gasteiger partial charge in [0.2, 0.25) is 11.8 Å². The van der Waals surface area contributed by atoms with E-state index in [9.17, 15) is 9.59 Å². The summed E-state index contributed by atoms with van der Waals surface area (Å²) in [7, 11) is 0. The van der Waals surface area contributed by atoms with Gasteiger partial charge in [0.15, 0.2) is 0 Å². The fourth-order valence-electron chi connectivity index (χ4n) is 1.93. The number of carbonyl (C=O) groups excluding carboxylic acids is 2.